The predicted octanol–water partition coefficient (Wildman–Crippen LogP) is 2.78. The zero-order valence-corrected chi connectivity index (χ0v) is 15.5. The smallest absolute Gasteiger partial charge is 0.269 e. The second-order valence-corrected chi connectivity index (χ2v) is 6.60. The zero-order valence-electron chi connectivity index (χ0n) is 15.5. The molecule has 2 aromatic rings. The zero-order chi connectivity index (χ0) is 20.6. The Morgan fingerprint density at radius 1 is 1.21 bits per heavy atom. The van der Waals surface area contributed by atoms with Crippen LogP contribution in [0.2, 0.25) is 0 Å². The van der Waals surface area contributed by atoms with Crippen LogP contribution in [-0.4, -0.2) is 32.9 Å². The van der Waals surface area contributed by atoms with Crippen molar-refractivity contribution < 1.29 is 14.5 Å². The highest BCUT2D eigenvalue weighted by Gasteiger charge is 2.24. The third kappa shape index (κ3) is 5.59. The molecule has 9 heteroatoms. The molecule has 1 N–H and O–H groups in total. The summed E-state index contributed by atoms with van der Waals surface area (Å²) in [4.78, 5) is 30.3. The Labute approximate surface area is 167 Å². The number of carbonyl (C=O) groups is 1. The molecule has 0 aliphatic heterocycles. The quantitative estimate of drug-likeness (QED) is 0.453. The molecular weight excluding hydrogens is 374 g/mol. The lowest BCUT2D eigenvalue weighted by Gasteiger charge is -2.28. The van der Waals surface area contributed by atoms with E-state index in [0.29, 0.717) is 5.56 Å². The number of nitrogens with one attached hydrogen (secondary N) is 1. The second kappa shape index (κ2) is 9.41. The number of hydrogen-bond acceptors (Lipinski definition) is 7. The average molecular weight is 393 g/mol. The minimum atomic E-state index is -0.467. The van der Waals surface area contributed by atoms with Gasteiger partial charge in [-0.2, -0.15) is 5.26 Å². The van der Waals surface area contributed by atoms with Crippen molar-refractivity contribution in [2.45, 2.75) is 37.8 Å². The van der Waals surface area contributed by atoms with Gasteiger partial charge in [-0.25, -0.2) is 9.97 Å². The number of rotatable bonds is 6. The fraction of sp³-hybridized carbons (Fsp3) is 0.300. The molecule has 1 aliphatic rings. The van der Waals surface area contributed by atoms with Gasteiger partial charge < -0.3 is 10.1 Å². The molecule has 0 bridgehead atoms. The molecule has 29 heavy (non-hydrogen) atoms. The Kier molecular flexibility index (Phi) is 6.47. The first-order valence-electron chi connectivity index (χ1n) is 9.16. The normalized spacial score (nSPS) is 18.7. The van der Waals surface area contributed by atoms with E-state index >= 15 is 0 Å². The van der Waals surface area contributed by atoms with Gasteiger partial charge in [0.05, 0.1) is 4.92 Å². The van der Waals surface area contributed by atoms with E-state index in [-0.39, 0.29) is 35.3 Å². The molecule has 3 rings (SSSR count). The fourth-order valence-electron chi connectivity index (χ4n) is 3.10. The first-order valence-corrected chi connectivity index (χ1v) is 9.16. The molecule has 1 aromatic heterocycles. The number of nitrogens with zero attached hydrogens (tertiary/aromatic N) is 4. The molecule has 0 atom stereocenters. The third-order valence-corrected chi connectivity index (χ3v) is 4.60. The van der Waals surface area contributed by atoms with Crippen LogP contribution in [0.4, 0.5) is 5.69 Å². The maximum Gasteiger partial charge on any atom is 0.269 e. The number of nitriles is 1. The molecule has 0 saturated heterocycles. The van der Waals surface area contributed by atoms with Gasteiger partial charge in [-0.05, 0) is 49.5 Å². The first kappa shape index (κ1) is 19.9. The number of aromatic nitrogens is 2. The van der Waals surface area contributed by atoms with E-state index in [1.807, 2.05) is 6.07 Å². The van der Waals surface area contributed by atoms with Crippen LogP contribution in [0.25, 0.3) is 6.08 Å². The summed E-state index contributed by atoms with van der Waals surface area (Å²) in [5.41, 5.74) is 0.883. The number of benzene rings is 1. The minimum absolute atomic E-state index is 0.00829. The van der Waals surface area contributed by atoms with Crippen LogP contribution < -0.4 is 10.1 Å². The molecule has 148 valence electrons. The lowest BCUT2D eigenvalue weighted by molar-refractivity contribution is -0.384. The van der Waals surface area contributed by atoms with Crippen LogP contribution in [0.15, 0.2) is 42.7 Å². The fourth-order valence-corrected chi connectivity index (χ4v) is 3.10. The summed E-state index contributed by atoms with van der Waals surface area (Å²) in [5.74, 6) is 0.0296. The number of ether oxygens (including phenoxy) is 1. The van der Waals surface area contributed by atoms with Gasteiger partial charge in [-0.1, -0.05) is 0 Å². The van der Waals surface area contributed by atoms with Crippen LogP contribution in [0.5, 0.6) is 5.88 Å². The van der Waals surface area contributed by atoms with Gasteiger partial charge in [0.2, 0.25) is 11.6 Å². The van der Waals surface area contributed by atoms with Crippen LogP contribution in [0, 0.1) is 21.4 Å². The lowest BCUT2D eigenvalue weighted by atomic mass is 9.93. The van der Waals surface area contributed by atoms with Gasteiger partial charge >= 0.3 is 0 Å². The van der Waals surface area contributed by atoms with Gasteiger partial charge in [-0.15, -0.1) is 0 Å². The average Bonchev–Trinajstić information content (AvgIpc) is 2.74. The Morgan fingerprint density at radius 2 is 1.90 bits per heavy atom. The molecule has 1 aromatic carbocycles. The molecule has 0 spiro atoms. The molecule has 1 fully saturated rings. The molecule has 9 nitrogen and oxygen atoms in total. The minimum Gasteiger partial charge on any atom is -0.472 e. The topological polar surface area (TPSA) is 131 Å². The number of nitro benzene ring substituents is 1. The molecular formula is C20H19N5O4. The number of non-ortho nitro benzene ring substituents is 1. The first-order chi connectivity index (χ1) is 14.0. The molecule has 1 saturated carbocycles. The van der Waals surface area contributed by atoms with Gasteiger partial charge in [0.1, 0.15) is 12.2 Å². The molecule has 0 radical (unpaired) electrons. The largest absolute Gasteiger partial charge is 0.472 e. The summed E-state index contributed by atoms with van der Waals surface area (Å²) in [5, 5.41) is 22.7. The van der Waals surface area contributed by atoms with Crippen LogP contribution in [-0.2, 0) is 4.79 Å². The molecule has 1 heterocycles. The highest BCUT2D eigenvalue weighted by molar-refractivity contribution is 5.91. The SMILES string of the molecule is N#Cc1nccnc1OC1CCC(NC(=O)/C=C/c2ccc([N+](=O)[O-])cc2)CC1. The molecule has 1 amide bonds. The summed E-state index contributed by atoms with van der Waals surface area (Å²) in [7, 11) is 0. The van der Waals surface area contributed by atoms with E-state index in [2.05, 4.69) is 15.3 Å². The van der Waals surface area contributed by atoms with E-state index in [0.717, 1.165) is 25.7 Å². The summed E-state index contributed by atoms with van der Waals surface area (Å²) in [6.45, 7) is 0. The maximum absolute atomic E-state index is 12.1. The number of amides is 1. The Balaban J connectivity index is 1.46. The maximum atomic E-state index is 12.1. The van der Waals surface area contributed by atoms with Crippen molar-refractivity contribution in [3.63, 3.8) is 0 Å². The molecule has 0 unspecified atom stereocenters. The highest BCUT2D eigenvalue weighted by Crippen LogP contribution is 2.24. The standard InChI is InChI=1S/C20H19N5O4/c21-13-18-20(23-12-11-22-18)29-17-8-4-15(5-9-17)24-19(26)10-3-14-1-6-16(7-2-14)25(27)28/h1-3,6-7,10-12,15,17H,4-5,8-9H2,(H,24,26)/b10-3+. The van der Waals surface area contributed by atoms with E-state index < -0.39 is 4.92 Å². The summed E-state index contributed by atoms with van der Waals surface area (Å²) < 4.78 is 5.79. The van der Waals surface area contributed by atoms with Crippen LogP contribution in [0.1, 0.15) is 36.9 Å². The number of carbonyl (C=O) groups excluding carboxylic acids is 1. The van der Waals surface area contributed by atoms with Crippen LogP contribution in [0.3, 0.4) is 0 Å². The summed E-state index contributed by atoms with van der Waals surface area (Å²) in [6, 6.07) is 7.97. The van der Waals surface area contributed by atoms with Crippen molar-refractivity contribution in [1.29, 1.82) is 5.26 Å². The van der Waals surface area contributed by atoms with Crippen molar-refractivity contribution in [2.24, 2.45) is 0 Å². The Morgan fingerprint density at radius 3 is 2.55 bits per heavy atom. The summed E-state index contributed by atoms with van der Waals surface area (Å²) in [6.07, 6.45) is 8.88. The van der Waals surface area contributed by atoms with Crippen LogP contribution >= 0.6 is 0 Å². The Hall–Kier alpha value is -3.80. The van der Waals surface area contributed by atoms with Crippen molar-refractivity contribution in [3.8, 4) is 11.9 Å². The summed E-state index contributed by atoms with van der Waals surface area (Å²) >= 11 is 0. The van der Waals surface area contributed by atoms with E-state index in [9.17, 15) is 14.9 Å². The van der Waals surface area contributed by atoms with Crippen molar-refractivity contribution in [1.82, 2.24) is 15.3 Å². The lowest BCUT2D eigenvalue weighted by Crippen LogP contribution is -2.39. The van der Waals surface area contributed by atoms with E-state index in [1.165, 1.54) is 30.6 Å². The van der Waals surface area contributed by atoms with Gasteiger partial charge in [-0.3, -0.25) is 14.9 Å². The second-order valence-electron chi connectivity index (χ2n) is 6.60. The third-order valence-electron chi connectivity index (χ3n) is 4.60. The number of nitro groups is 1. The number of hydrogen-bond donors (Lipinski definition) is 1. The van der Waals surface area contributed by atoms with Crippen molar-refractivity contribution in [3.05, 3.63) is 64.1 Å². The van der Waals surface area contributed by atoms with Gasteiger partial charge in [0, 0.05) is 36.6 Å². The van der Waals surface area contributed by atoms with E-state index in [1.54, 1.807) is 18.2 Å². The Bertz CT molecular complexity index is 944. The highest BCUT2D eigenvalue weighted by atomic mass is 16.6. The monoisotopic (exact) mass is 393 g/mol. The predicted molar refractivity (Wildman–Crippen MR) is 104 cm³/mol. The molecule has 1 aliphatic carbocycles. The van der Waals surface area contributed by atoms with Gasteiger partial charge in [0.25, 0.3) is 11.6 Å². The van der Waals surface area contributed by atoms with E-state index in [4.69, 9.17) is 10.00 Å². The van der Waals surface area contributed by atoms with Crippen molar-refractivity contribution >= 4 is 17.7 Å². The van der Waals surface area contributed by atoms with Gasteiger partial charge in [0.15, 0.2) is 0 Å². The van der Waals surface area contributed by atoms with Crippen molar-refractivity contribution in [2.75, 3.05) is 0 Å².